The van der Waals surface area contributed by atoms with Crippen LogP contribution in [-0.4, -0.2) is 70.9 Å². The molecule has 0 aliphatic carbocycles. The third-order valence-corrected chi connectivity index (χ3v) is 4.36. The first kappa shape index (κ1) is 19.5. The Bertz CT molecular complexity index is 641. The zero-order valence-corrected chi connectivity index (χ0v) is 14.2. The smallest absolute Gasteiger partial charge is 0.394 e. The number of aryl methyl sites for hydroxylation is 1. The summed E-state index contributed by atoms with van der Waals surface area (Å²) in [5, 5.41) is 12.3. The van der Waals surface area contributed by atoms with Crippen LogP contribution < -0.4 is 5.32 Å². The highest BCUT2D eigenvalue weighted by molar-refractivity contribution is 5.90. The second-order valence-corrected chi connectivity index (χ2v) is 6.26. The first-order valence-corrected chi connectivity index (χ1v) is 7.72. The Kier molecular flexibility index (Phi) is 5.65. The van der Waals surface area contributed by atoms with Gasteiger partial charge in [0.15, 0.2) is 0 Å². The summed E-state index contributed by atoms with van der Waals surface area (Å²) >= 11 is 0. The van der Waals surface area contributed by atoms with Crippen molar-refractivity contribution in [2.75, 3.05) is 33.4 Å². The maximum atomic E-state index is 12.8. The molecule has 0 saturated carbocycles. The monoisotopic (exact) mass is 362 g/mol. The van der Waals surface area contributed by atoms with E-state index in [4.69, 9.17) is 4.74 Å². The lowest BCUT2D eigenvalue weighted by Gasteiger charge is -2.47. The summed E-state index contributed by atoms with van der Waals surface area (Å²) < 4.78 is 43.9. The molecule has 140 valence electrons. The zero-order valence-electron chi connectivity index (χ0n) is 14.2. The number of nitrogens with one attached hydrogen (secondary N) is 1. The highest BCUT2D eigenvalue weighted by atomic mass is 19.4. The van der Waals surface area contributed by atoms with Gasteiger partial charge in [-0.15, -0.1) is 0 Å². The number of rotatable bonds is 4. The average molecular weight is 362 g/mol. The van der Waals surface area contributed by atoms with E-state index in [9.17, 15) is 23.1 Å². The van der Waals surface area contributed by atoms with Gasteiger partial charge < -0.3 is 15.2 Å². The fourth-order valence-corrected chi connectivity index (χ4v) is 2.63. The third kappa shape index (κ3) is 4.25. The maximum absolute atomic E-state index is 12.8. The molecule has 2 atom stereocenters. The zero-order chi connectivity index (χ0) is 18.8. The molecular weight excluding hydrogens is 341 g/mol. The molecule has 1 amide bonds. The molecule has 1 aliphatic heterocycles. The molecule has 2 N–H and O–H groups in total. The number of amides is 1. The van der Waals surface area contributed by atoms with E-state index in [0.717, 1.165) is 6.07 Å². The lowest BCUT2D eigenvalue weighted by atomic mass is 9.96. The maximum Gasteiger partial charge on any atom is 0.433 e. The standard InChI is InChI=1S/C15H21F3N4O3/c1-9-4-11(15(16,17)18)21-12(20-9)13(24)19-6-14(7-23)8-25-5-10(2)22(14)3/h4,10,23H,5-8H2,1-3H3,(H,19,24)/t10-,14+/m1/s1. The van der Waals surface area contributed by atoms with Gasteiger partial charge in [-0.2, -0.15) is 13.2 Å². The Morgan fingerprint density at radius 2 is 2.20 bits per heavy atom. The van der Waals surface area contributed by atoms with E-state index in [-0.39, 0.29) is 31.5 Å². The number of morpholine rings is 1. The molecule has 1 aliphatic rings. The number of hydrogen-bond donors (Lipinski definition) is 2. The van der Waals surface area contributed by atoms with Crippen molar-refractivity contribution in [2.45, 2.75) is 31.6 Å². The topological polar surface area (TPSA) is 87.6 Å². The quantitative estimate of drug-likeness (QED) is 0.816. The van der Waals surface area contributed by atoms with Crippen molar-refractivity contribution >= 4 is 5.91 Å². The fourth-order valence-electron chi connectivity index (χ4n) is 2.63. The van der Waals surface area contributed by atoms with E-state index in [1.54, 1.807) is 7.05 Å². The lowest BCUT2D eigenvalue weighted by molar-refractivity contribution is -0.141. The number of aromatic nitrogens is 2. The Labute approximate surface area is 143 Å². The van der Waals surface area contributed by atoms with Crippen LogP contribution in [0.25, 0.3) is 0 Å². The summed E-state index contributed by atoms with van der Waals surface area (Å²) in [6.07, 6.45) is -4.66. The van der Waals surface area contributed by atoms with Crippen molar-refractivity contribution in [1.29, 1.82) is 0 Å². The number of hydrogen-bond acceptors (Lipinski definition) is 6. The van der Waals surface area contributed by atoms with Crippen molar-refractivity contribution in [1.82, 2.24) is 20.2 Å². The Hall–Kier alpha value is -1.78. The van der Waals surface area contributed by atoms with Gasteiger partial charge in [-0.3, -0.25) is 9.69 Å². The van der Waals surface area contributed by atoms with E-state index in [2.05, 4.69) is 15.3 Å². The van der Waals surface area contributed by atoms with Crippen molar-refractivity contribution in [3.05, 3.63) is 23.3 Å². The summed E-state index contributed by atoms with van der Waals surface area (Å²) in [7, 11) is 1.79. The molecule has 0 unspecified atom stereocenters. The first-order valence-electron chi connectivity index (χ1n) is 7.72. The molecule has 0 radical (unpaired) electrons. The number of carbonyl (C=O) groups is 1. The summed E-state index contributed by atoms with van der Waals surface area (Å²) in [6.45, 7) is 3.64. The highest BCUT2D eigenvalue weighted by Crippen LogP contribution is 2.28. The molecule has 1 aromatic rings. The highest BCUT2D eigenvalue weighted by Gasteiger charge is 2.41. The second-order valence-electron chi connectivity index (χ2n) is 6.26. The van der Waals surface area contributed by atoms with Gasteiger partial charge in [0.2, 0.25) is 5.82 Å². The molecule has 0 aromatic carbocycles. The van der Waals surface area contributed by atoms with Gasteiger partial charge in [0.05, 0.1) is 25.4 Å². The Morgan fingerprint density at radius 3 is 2.80 bits per heavy atom. The van der Waals surface area contributed by atoms with E-state index < -0.39 is 29.1 Å². The van der Waals surface area contributed by atoms with Gasteiger partial charge >= 0.3 is 6.18 Å². The minimum absolute atomic E-state index is 0.0121. The number of aliphatic hydroxyl groups excluding tert-OH is 1. The van der Waals surface area contributed by atoms with Crippen LogP contribution in [0.5, 0.6) is 0 Å². The van der Waals surface area contributed by atoms with Crippen LogP contribution in [0.3, 0.4) is 0 Å². The van der Waals surface area contributed by atoms with Gasteiger partial charge in [-0.25, -0.2) is 9.97 Å². The minimum Gasteiger partial charge on any atom is -0.394 e. The number of aliphatic hydroxyl groups is 1. The van der Waals surface area contributed by atoms with Crippen LogP contribution in [-0.2, 0) is 10.9 Å². The predicted molar refractivity (Wildman–Crippen MR) is 82.0 cm³/mol. The molecule has 7 nitrogen and oxygen atoms in total. The van der Waals surface area contributed by atoms with Crippen LogP contribution in [0.1, 0.15) is 28.9 Å². The number of ether oxygens (including phenoxy) is 1. The molecule has 0 bridgehead atoms. The molecule has 0 spiro atoms. The number of likely N-dealkylation sites (N-methyl/N-ethyl adjacent to an activating group) is 1. The number of alkyl halides is 3. The molecule has 2 heterocycles. The van der Waals surface area contributed by atoms with E-state index >= 15 is 0 Å². The largest absolute Gasteiger partial charge is 0.433 e. The first-order chi connectivity index (χ1) is 11.6. The van der Waals surface area contributed by atoms with Crippen molar-refractivity contribution in [2.24, 2.45) is 0 Å². The lowest BCUT2D eigenvalue weighted by Crippen LogP contribution is -2.65. The normalized spacial score (nSPS) is 25.0. The van der Waals surface area contributed by atoms with Crippen LogP contribution >= 0.6 is 0 Å². The fraction of sp³-hybridized carbons (Fsp3) is 0.667. The van der Waals surface area contributed by atoms with Gasteiger partial charge in [0.25, 0.3) is 5.91 Å². The molecule has 25 heavy (non-hydrogen) atoms. The minimum atomic E-state index is -4.66. The second kappa shape index (κ2) is 7.22. The third-order valence-electron chi connectivity index (χ3n) is 4.36. The van der Waals surface area contributed by atoms with Crippen LogP contribution in [0.4, 0.5) is 13.2 Å². The van der Waals surface area contributed by atoms with Crippen molar-refractivity contribution < 1.29 is 27.8 Å². The average Bonchev–Trinajstić information content (AvgIpc) is 2.55. The molecule has 1 aromatic heterocycles. The number of nitrogens with zero attached hydrogens (tertiary/aromatic N) is 3. The van der Waals surface area contributed by atoms with Crippen LogP contribution in [0.2, 0.25) is 0 Å². The molecule has 2 rings (SSSR count). The molecule has 1 saturated heterocycles. The SMILES string of the molecule is Cc1cc(C(F)(F)F)nc(C(=O)NC[C@]2(CO)COC[C@@H](C)N2C)n1. The summed E-state index contributed by atoms with van der Waals surface area (Å²) in [5.74, 6) is -1.40. The van der Waals surface area contributed by atoms with E-state index in [1.807, 2.05) is 11.8 Å². The van der Waals surface area contributed by atoms with E-state index in [0.29, 0.717) is 6.61 Å². The van der Waals surface area contributed by atoms with Gasteiger partial charge in [-0.1, -0.05) is 0 Å². The Morgan fingerprint density at radius 1 is 1.52 bits per heavy atom. The molecular formula is C15H21F3N4O3. The van der Waals surface area contributed by atoms with Gasteiger partial charge in [-0.05, 0) is 27.0 Å². The number of carbonyl (C=O) groups excluding carboxylic acids is 1. The number of halogens is 3. The van der Waals surface area contributed by atoms with E-state index in [1.165, 1.54) is 6.92 Å². The van der Waals surface area contributed by atoms with Crippen LogP contribution in [0, 0.1) is 6.92 Å². The summed E-state index contributed by atoms with van der Waals surface area (Å²) in [4.78, 5) is 21.2. The predicted octanol–water partition coefficient (Wildman–Crippen LogP) is 0.615. The van der Waals surface area contributed by atoms with Gasteiger partial charge in [0, 0.05) is 18.3 Å². The van der Waals surface area contributed by atoms with Crippen molar-refractivity contribution in [3.8, 4) is 0 Å². The Balaban J connectivity index is 2.16. The van der Waals surface area contributed by atoms with Gasteiger partial charge in [0.1, 0.15) is 5.69 Å². The van der Waals surface area contributed by atoms with Crippen LogP contribution in [0.15, 0.2) is 6.07 Å². The van der Waals surface area contributed by atoms with Crippen molar-refractivity contribution in [3.63, 3.8) is 0 Å². The summed E-state index contributed by atoms with van der Waals surface area (Å²) in [6, 6.07) is 0.793. The molecule has 1 fully saturated rings. The molecule has 10 heteroatoms. The summed E-state index contributed by atoms with van der Waals surface area (Å²) in [5.41, 5.74) is -1.99.